The van der Waals surface area contributed by atoms with Crippen LogP contribution in [0.4, 0.5) is 10.9 Å². The molecule has 0 fully saturated rings. The molecule has 5 nitrogen and oxygen atoms in total. The molecule has 96 valence electrons. The lowest BCUT2D eigenvalue weighted by Gasteiger charge is -2.11. The Kier molecular flexibility index (Phi) is 4.74. The van der Waals surface area contributed by atoms with Crippen molar-refractivity contribution in [2.75, 3.05) is 24.2 Å². The maximum atomic E-state index is 11.9. The number of hydrogen-bond donors (Lipinski definition) is 2. The van der Waals surface area contributed by atoms with E-state index in [-0.39, 0.29) is 11.9 Å². The van der Waals surface area contributed by atoms with E-state index in [4.69, 9.17) is 5.73 Å². The molecule has 0 saturated carbocycles. The molecular weight excluding hydrogens is 236 g/mol. The number of nitrogens with zero attached hydrogens (tertiary/aromatic N) is 2. The molecular formula is C11H20N4OS. The topological polar surface area (TPSA) is 71.2 Å². The van der Waals surface area contributed by atoms with Crippen LogP contribution < -0.4 is 16.0 Å². The molecule has 6 heteroatoms. The molecule has 1 atom stereocenters. The molecule has 0 saturated heterocycles. The summed E-state index contributed by atoms with van der Waals surface area (Å²) < 4.78 is 0. The third kappa shape index (κ3) is 3.33. The van der Waals surface area contributed by atoms with Crippen LogP contribution in [0, 0.1) is 0 Å². The lowest BCUT2D eigenvalue weighted by atomic mass is 10.2. The number of carbonyl (C=O) groups excluding carboxylic acids is 1. The van der Waals surface area contributed by atoms with Gasteiger partial charge in [-0.15, -0.1) is 0 Å². The highest BCUT2D eigenvalue weighted by Gasteiger charge is 2.18. The van der Waals surface area contributed by atoms with Crippen LogP contribution >= 0.6 is 11.3 Å². The fourth-order valence-electron chi connectivity index (χ4n) is 1.17. The van der Waals surface area contributed by atoms with Gasteiger partial charge in [-0.05, 0) is 20.3 Å². The van der Waals surface area contributed by atoms with E-state index < -0.39 is 0 Å². The van der Waals surface area contributed by atoms with E-state index in [0.717, 1.165) is 18.1 Å². The number of aromatic nitrogens is 1. The Balaban J connectivity index is 2.84. The zero-order valence-corrected chi connectivity index (χ0v) is 11.6. The number of carbonyl (C=O) groups is 1. The number of nitrogen functional groups attached to an aromatic ring is 1. The van der Waals surface area contributed by atoms with Gasteiger partial charge in [0, 0.05) is 19.6 Å². The van der Waals surface area contributed by atoms with Gasteiger partial charge >= 0.3 is 0 Å². The minimum Gasteiger partial charge on any atom is -0.382 e. The van der Waals surface area contributed by atoms with Crippen molar-refractivity contribution in [2.24, 2.45) is 0 Å². The van der Waals surface area contributed by atoms with Crippen molar-refractivity contribution >= 4 is 28.2 Å². The Hall–Kier alpha value is -1.30. The van der Waals surface area contributed by atoms with Gasteiger partial charge in [0.2, 0.25) is 0 Å². The zero-order valence-electron chi connectivity index (χ0n) is 10.8. The van der Waals surface area contributed by atoms with Gasteiger partial charge in [-0.2, -0.15) is 0 Å². The molecule has 1 aromatic heterocycles. The Bertz CT molecular complexity index is 391. The van der Waals surface area contributed by atoms with E-state index in [1.165, 1.54) is 11.3 Å². The summed E-state index contributed by atoms with van der Waals surface area (Å²) in [5.74, 6) is 0.177. The molecule has 1 rings (SSSR count). The van der Waals surface area contributed by atoms with Gasteiger partial charge in [-0.25, -0.2) is 4.98 Å². The first kappa shape index (κ1) is 13.8. The first-order chi connectivity index (χ1) is 7.99. The van der Waals surface area contributed by atoms with Crippen LogP contribution in [0.25, 0.3) is 0 Å². The fourth-order valence-corrected chi connectivity index (χ4v) is 2.09. The molecule has 1 heterocycles. The highest BCUT2D eigenvalue weighted by molar-refractivity contribution is 7.18. The van der Waals surface area contributed by atoms with E-state index in [0.29, 0.717) is 10.7 Å². The average Bonchev–Trinajstić information content (AvgIpc) is 2.70. The Morgan fingerprint density at radius 3 is 2.76 bits per heavy atom. The highest BCUT2D eigenvalue weighted by atomic mass is 32.1. The quantitative estimate of drug-likeness (QED) is 0.841. The predicted octanol–water partition coefficient (Wildman–Crippen LogP) is 1.71. The normalized spacial score (nSPS) is 12.2. The summed E-state index contributed by atoms with van der Waals surface area (Å²) in [4.78, 5) is 18.6. The number of rotatable bonds is 5. The monoisotopic (exact) mass is 256 g/mol. The summed E-state index contributed by atoms with van der Waals surface area (Å²) in [5.41, 5.74) is 5.76. The number of thiazole rings is 1. The maximum absolute atomic E-state index is 11.9. The predicted molar refractivity (Wildman–Crippen MR) is 72.7 cm³/mol. The zero-order chi connectivity index (χ0) is 13.0. The fraction of sp³-hybridized carbons (Fsp3) is 0.636. The average molecular weight is 256 g/mol. The van der Waals surface area contributed by atoms with Crippen LogP contribution in [-0.4, -0.2) is 30.5 Å². The maximum Gasteiger partial charge on any atom is 0.265 e. The van der Waals surface area contributed by atoms with Crippen LogP contribution in [0.2, 0.25) is 0 Å². The Morgan fingerprint density at radius 1 is 1.59 bits per heavy atom. The van der Waals surface area contributed by atoms with Crippen molar-refractivity contribution in [3.63, 3.8) is 0 Å². The molecule has 1 unspecified atom stereocenters. The summed E-state index contributed by atoms with van der Waals surface area (Å²) in [7, 11) is 1.93. The number of amides is 1. The number of hydrogen-bond acceptors (Lipinski definition) is 5. The number of nitrogens with one attached hydrogen (secondary N) is 1. The Labute approximate surface area is 106 Å². The van der Waals surface area contributed by atoms with Crippen molar-refractivity contribution in [3.8, 4) is 0 Å². The molecule has 1 amide bonds. The SMILES string of the molecule is CCC(C)NC(=O)c1sc(N(C)CC)nc1N. The molecule has 17 heavy (non-hydrogen) atoms. The third-order valence-corrected chi connectivity index (χ3v) is 3.82. The van der Waals surface area contributed by atoms with E-state index in [1.54, 1.807) is 0 Å². The van der Waals surface area contributed by atoms with Gasteiger partial charge in [0.15, 0.2) is 5.13 Å². The second kappa shape index (κ2) is 5.86. The lowest BCUT2D eigenvalue weighted by molar-refractivity contribution is 0.0944. The number of anilines is 2. The van der Waals surface area contributed by atoms with Crippen LogP contribution in [-0.2, 0) is 0 Å². The second-order valence-electron chi connectivity index (χ2n) is 4.01. The van der Waals surface area contributed by atoms with Gasteiger partial charge in [0.1, 0.15) is 10.7 Å². The Morgan fingerprint density at radius 2 is 2.24 bits per heavy atom. The van der Waals surface area contributed by atoms with E-state index in [2.05, 4.69) is 10.3 Å². The standard InChI is InChI=1S/C11H20N4OS/c1-5-7(3)13-10(16)8-9(12)14-11(17-8)15(4)6-2/h7H,5-6,12H2,1-4H3,(H,13,16). The molecule has 0 bridgehead atoms. The first-order valence-corrected chi connectivity index (χ1v) is 6.59. The van der Waals surface area contributed by atoms with E-state index >= 15 is 0 Å². The molecule has 0 aliphatic rings. The van der Waals surface area contributed by atoms with Crippen molar-refractivity contribution in [1.82, 2.24) is 10.3 Å². The summed E-state index contributed by atoms with van der Waals surface area (Å²) in [6, 6.07) is 0.149. The van der Waals surface area contributed by atoms with Crippen molar-refractivity contribution < 1.29 is 4.79 Å². The summed E-state index contributed by atoms with van der Waals surface area (Å²) >= 11 is 1.33. The number of nitrogens with two attached hydrogens (primary N) is 1. The van der Waals surface area contributed by atoms with Gasteiger partial charge in [0.25, 0.3) is 5.91 Å². The second-order valence-corrected chi connectivity index (χ2v) is 4.99. The van der Waals surface area contributed by atoms with Gasteiger partial charge in [0.05, 0.1) is 0 Å². The largest absolute Gasteiger partial charge is 0.382 e. The van der Waals surface area contributed by atoms with Gasteiger partial charge in [-0.3, -0.25) is 4.79 Å². The van der Waals surface area contributed by atoms with Crippen molar-refractivity contribution in [1.29, 1.82) is 0 Å². The van der Waals surface area contributed by atoms with E-state index in [1.807, 2.05) is 32.7 Å². The molecule has 3 N–H and O–H groups in total. The summed E-state index contributed by atoms with van der Waals surface area (Å²) in [6.45, 7) is 6.85. The smallest absolute Gasteiger partial charge is 0.265 e. The van der Waals surface area contributed by atoms with Gasteiger partial charge < -0.3 is 16.0 Å². The molecule has 1 aromatic rings. The molecule has 0 spiro atoms. The van der Waals surface area contributed by atoms with Crippen LogP contribution in [0.5, 0.6) is 0 Å². The molecule has 0 aliphatic heterocycles. The molecule has 0 radical (unpaired) electrons. The van der Waals surface area contributed by atoms with E-state index in [9.17, 15) is 4.79 Å². The molecule has 0 aliphatic carbocycles. The molecule has 0 aromatic carbocycles. The third-order valence-electron chi connectivity index (χ3n) is 2.64. The van der Waals surface area contributed by atoms with Crippen molar-refractivity contribution in [2.45, 2.75) is 33.2 Å². The van der Waals surface area contributed by atoms with Gasteiger partial charge in [-0.1, -0.05) is 18.3 Å². The minimum absolute atomic E-state index is 0.134. The first-order valence-electron chi connectivity index (χ1n) is 5.77. The van der Waals surface area contributed by atoms with Crippen molar-refractivity contribution in [3.05, 3.63) is 4.88 Å². The van der Waals surface area contributed by atoms with Crippen LogP contribution in [0.15, 0.2) is 0 Å². The highest BCUT2D eigenvalue weighted by Crippen LogP contribution is 2.27. The van der Waals surface area contributed by atoms with Crippen LogP contribution in [0.1, 0.15) is 36.9 Å². The lowest BCUT2D eigenvalue weighted by Crippen LogP contribution is -2.31. The van der Waals surface area contributed by atoms with Crippen LogP contribution in [0.3, 0.4) is 0 Å². The summed E-state index contributed by atoms with van der Waals surface area (Å²) in [5, 5.41) is 3.67. The minimum atomic E-state index is -0.134. The summed E-state index contributed by atoms with van der Waals surface area (Å²) in [6.07, 6.45) is 0.895.